The van der Waals surface area contributed by atoms with E-state index in [0.717, 1.165) is 27.7 Å². The van der Waals surface area contributed by atoms with Crippen molar-refractivity contribution in [1.82, 2.24) is 19.7 Å². The van der Waals surface area contributed by atoms with Crippen LogP contribution in [0.15, 0.2) is 47.4 Å². The van der Waals surface area contributed by atoms with E-state index in [9.17, 15) is 4.79 Å². The minimum absolute atomic E-state index is 0.194. The molecule has 1 aliphatic heterocycles. The van der Waals surface area contributed by atoms with E-state index in [2.05, 4.69) is 34.2 Å². The number of nitrogens with one attached hydrogen (secondary N) is 2. The third-order valence-electron chi connectivity index (χ3n) is 5.04. The Morgan fingerprint density at radius 1 is 1.24 bits per heavy atom. The van der Waals surface area contributed by atoms with Gasteiger partial charge in [-0.15, -0.1) is 0 Å². The molecule has 1 aliphatic rings. The average Bonchev–Trinajstić information content (AvgIpc) is 3.22. The van der Waals surface area contributed by atoms with Crippen molar-refractivity contribution < 1.29 is 4.74 Å². The Kier molecular flexibility index (Phi) is 2.74. The van der Waals surface area contributed by atoms with Gasteiger partial charge in [0.05, 0.1) is 18.4 Å². The summed E-state index contributed by atoms with van der Waals surface area (Å²) in [6.07, 6.45) is 2.05. The zero-order chi connectivity index (χ0) is 17.1. The topological polar surface area (TPSA) is 75.7 Å². The number of hydrogen-bond acceptors (Lipinski definition) is 3. The van der Waals surface area contributed by atoms with Crippen LogP contribution in [0.1, 0.15) is 24.0 Å². The minimum Gasteiger partial charge on any atom is -0.496 e. The van der Waals surface area contributed by atoms with Crippen LogP contribution >= 0.6 is 0 Å². The third-order valence-corrected chi connectivity index (χ3v) is 5.04. The highest BCUT2D eigenvalue weighted by Gasteiger charge is 2.23. The molecule has 1 atom stereocenters. The zero-order valence-corrected chi connectivity index (χ0v) is 13.8. The van der Waals surface area contributed by atoms with Crippen molar-refractivity contribution in [2.75, 3.05) is 7.11 Å². The number of ether oxygens (including phenoxy) is 1. The maximum Gasteiger partial charge on any atom is 0.348 e. The molecule has 6 heteroatoms. The number of benzene rings is 2. The molecule has 0 saturated heterocycles. The van der Waals surface area contributed by atoms with Crippen LogP contribution in [0.4, 0.5) is 0 Å². The standard InChI is InChI=1S/C19H16N4O2/c1-10-11-4-3-5-12(6-11)23-18(21-22-19(23)24)14-7-13-15(10)9-20-16(13)8-17(14)25-2/h3-10,20H,1-2H3,(H,22,24). The highest BCUT2D eigenvalue weighted by Crippen LogP contribution is 2.39. The van der Waals surface area contributed by atoms with Crippen molar-refractivity contribution in [2.45, 2.75) is 12.8 Å². The van der Waals surface area contributed by atoms with Gasteiger partial charge in [0.25, 0.3) is 0 Å². The zero-order valence-electron chi connectivity index (χ0n) is 13.8. The van der Waals surface area contributed by atoms with E-state index < -0.39 is 0 Å². The molecule has 2 aromatic carbocycles. The normalized spacial score (nSPS) is 15.4. The van der Waals surface area contributed by atoms with E-state index in [1.54, 1.807) is 11.7 Å². The molecule has 0 aliphatic carbocycles. The summed E-state index contributed by atoms with van der Waals surface area (Å²) in [5.74, 6) is 1.41. The number of aromatic nitrogens is 4. The van der Waals surface area contributed by atoms with Crippen molar-refractivity contribution in [3.8, 4) is 22.8 Å². The van der Waals surface area contributed by atoms with Crippen molar-refractivity contribution in [1.29, 1.82) is 0 Å². The molecule has 4 bridgehead atoms. The van der Waals surface area contributed by atoms with Crippen LogP contribution < -0.4 is 10.4 Å². The summed E-state index contributed by atoms with van der Waals surface area (Å²) in [5, 5.41) is 7.94. The second-order valence-electron chi connectivity index (χ2n) is 6.35. The quantitative estimate of drug-likeness (QED) is 0.562. The summed E-state index contributed by atoms with van der Waals surface area (Å²) >= 11 is 0. The van der Waals surface area contributed by atoms with Gasteiger partial charge in [0.15, 0.2) is 5.82 Å². The predicted molar refractivity (Wildman–Crippen MR) is 95.5 cm³/mol. The summed E-state index contributed by atoms with van der Waals surface area (Å²) in [4.78, 5) is 15.8. The first-order chi connectivity index (χ1) is 12.2. The lowest BCUT2D eigenvalue weighted by molar-refractivity contribution is 0.416. The lowest BCUT2D eigenvalue weighted by Gasteiger charge is -2.17. The van der Waals surface area contributed by atoms with Crippen molar-refractivity contribution in [3.63, 3.8) is 0 Å². The highest BCUT2D eigenvalue weighted by atomic mass is 16.5. The van der Waals surface area contributed by atoms with Crippen LogP contribution in [0.2, 0.25) is 0 Å². The van der Waals surface area contributed by atoms with Crippen LogP contribution in [-0.2, 0) is 0 Å². The van der Waals surface area contributed by atoms with Crippen LogP contribution in [0.3, 0.4) is 0 Å². The molecule has 4 aromatic rings. The molecular weight excluding hydrogens is 316 g/mol. The molecule has 124 valence electrons. The summed E-state index contributed by atoms with van der Waals surface area (Å²) in [6.45, 7) is 2.17. The number of fused-ring (bicyclic) bond motifs is 6. The van der Waals surface area contributed by atoms with E-state index >= 15 is 0 Å². The first-order valence-corrected chi connectivity index (χ1v) is 8.14. The number of aromatic amines is 2. The van der Waals surface area contributed by atoms with Crippen LogP contribution in [0.5, 0.6) is 5.75 Å². The van der Waals surface area contributed by atoms with Crippen molar-refractivity contribution in [2.24, 2.45) is 0 Å². The minimum atomic E-state index is -0.267. The average molecular weight is 332 g/mol. The van der Waals surface area contributed by atoms with Gasteiger partial charge < -0.3 is 9.72 Å². The SMILES string of the molecule is COc1cc2[nH]cc3c2cc1-c1n[nH]c(=O)n1-c1cccc(c1)C3C. The second-order valence-corrected chi connectivity index (χ2v) is 6.35. The van der Waals surface area contributed by atoms with Gasteiger partial charge in [0.1, 0.15) is 5.75 Å². The van der Waals surface area contributed by atoms with Crippen molar-refractivity contribution >= 4 is 10.9 Å². The fraction of sp³-hybridized carbons (Fsp3) is 0.158. The molecule has 1 unspecified atom stereocenters. The van der Waals surface area contributed by atoms with Crippen LogP contribution in [0.25, 0.3) is 28.0 Å². The molecule has 0 saturated carbocycles. The Hall–Kier alpha value is -3.28. The van der Waals surface area contributed by atoms with Gasteiger partial charge in [0, 0.05) is 29.1 Å². The molecule has 2 aromatic heterocycles. The molecule has 0 spiro atoms. The lowest BCUT2D eigenvalue weighted by Crippen LogP contribution is -2.16. The molecular formula is C19H16N4O2. The fourth-order valence-corrected chi connectivity index (χ4v) is 3.70. The number of methoxy groups -OCH3 is 1. The van der Waals surface area contributed by atoms with Crippen LogP contribution in [-0.4, -0.2) is 26.9 Å². The Bertz CT molecular complexity index is 1180. The summed E-state index contributed by atoms with van der Waals surface area (Å²) in [6, 6.07) is 12.0. The van der Waals surface area contributed by atoms with Crippen molar-refractivity contribution in [3.05, 3.63) is 64.2 Å². The molecule has 3 heterocycles. The fourth-order valence-electron chi connectivity index (χ4n) is 3.70. The molecule has 5 rings (SSSR count). The maximum atomic E-state index is 12.4. The van der Waals surface area contributed by atoms with Gasteiger partial charge >= 0.3 is 5.69 Å². The first kappa shape index (κ1) is 14.1. The largest absolute Gasteiger partial charge is 0.496 e. The smallest absolute Gasteiger partial charge is 0.348 e. The summed E-state index contributed by atoms with van der Waals surface area (Å²) in [7, 11) is 1.62. The Labute approximate surface area is 143 Å². The predicted octanol–water partition coefficient (Wildman–Crippen LogP) is 3.18. The Morgan fingerprint density at radius 3 is 2.96 bits per heavy atom. The van der Waals surface area contributed by atoms with Gasteiger partial charge in [-0.25, -0.2) is 14.5 Å². The lowest BCUT2D eigenvalue weighted by atomic mass is 9.91. The van der Waals surface area contributed by atoms with Gasteiger partial charge in [-0.2, -0.15) is 5.10 Å². The summed E-state index contributed by atoms with van der Waals surface area (Å²) < 4.78 is 7.17. The van der Waals surface area contributed by atoms with Gasteiger partial charge in [0.2, 0.25) is 0 Å². The maximum absolute atomic E-state index is 12.4. The number of nitrogens with zero attached hydrogens (tertiary/aromatic N) is 2. The Balaban J connectivity index is 2.00. The van der Waals surface area contributed by atoms with Crippen LogP contribution in [0, 0.1) is 0 Å². The molecule has 25 heavy (non-hydrogen) atoms. The molecule has 2 N–H and O–H groups in total. The van der Waals surface area contributed by atoms with E-state index in [1.807, 2.05) is 30.5 Å². The van der Waals surface area contributed by atoms with E-state index in [1.165, 1.54) is 5.56 Å². The molecule has 0 fully saturated rings. The first-order valence-electron chi connectivity index (χ1n) is 8.14. The van der Waals surface area contributed by atoms with E-state index in [0.29, 0.717) is 11.6 Å². The van der Waals surface area contributed by atoms with E-state index in [-0.39, 0.29) is 11.6 Å². The third kappa shape index (κ3) is 1.85. The molecule has 6 nitrogen and oxygen atoms in total. The Morgan fingerprint density at radius 2 is 2.12 bits per heavy atom. The van der Waals surface area contributed by atoms with E-state index in [4.69, 9.17) is 4.74 Å². The monoisotopic (exact) mass is 332 g/mol. The molecule has 0 radical (unpaired) electrons. The number of hydrogen-bond donors (Lipinski definition) is 2. The highest BCUT2D eigenvalue weighted by molar-refractivity contribution is 5.91. The molecule has 0 amide bonds. The number of rotatable bonds is 1. The van der Waals surface area contributed by atoms with Gasteiger partial charge in [-0.05, 0) is 29.3 Å². The van der Waals surface area contributed by atoms with Gasteiger partial charge in [-0.1, -0.05) is 19.1 Å². The number of H-pyrrole nitrogens is 2. The van der Waals surface area contributed by atoms with Gasteiger partial charge in [-0.3, -0.25) is 0 Å². The second kappa shape index (κ2) is 4.86. The summed E-state index contributed by atoms with van der Waals surface area (Å²) in [5.41, 5.74) is 4.67.